The average Bonchev–Trinajstić information content (AvgIpc) is 2.47. The lowest BCUT2D eigenvalue weighted by atomic mass is 10.3. The lowest BCUT2D eigenvalue weighted by Crippen LogP contribution is -2.03. The summed E-state index contributed by atoms with van der Waals surface area (Å²) in [6, 6.07) is 1.56. The monoisotopic (exact) mass is 214 g/mol. The van der Waals surface area contributed by atoms with Crippen LogP contribution in [0.4, 0.5) is 0 Å². The Kier molecular flexibility index (Phi) is 3.35. The average molecular weight is 215 g/mol. The van der Waals surface area contributed by atoms with Crippen molar-refractivity contribution in [3.8, 4) is 12.3 Å². The van der Waals surface area contributed by atoms with Crippen molar-refractivity contribution in [2.75, 3.05) is 6.61 Å². The van der Waals surface area contributed by atoms with E-state index in [-0.39, 0.29) is 0 Å². The van der Waals surface area contributed by atoms with Crippen molar-refractivity contribution in [2.45, 2.75) is 6.92 Å². The van der Waals surface area contributed by atoms with Gasteiger partial charge in [-0.25, -0.2) is 4.79 Å². The minimum absolute atomic E-state index is 0.330. The van der Waals surface area contributed by atoms with Gasteiger partial charge in [0.05, 0.1) is 17.0 Å². The molecular formula is C9H7ClO2S. The Labute approximate surface area is 85.5 Å². The fraction of sp³-hybridized carbons (Fsp3) is 0.222. The zero-order valence-corrected chi connectivity index (χ0v) is 8.54. The van der Waals surface area contributed by atoms with Crippen molar-refractivity contribution in [3.63, 3.8) is 0 Å². The molecule has 0 aliphatic carbocycles. The number of rotatable bonds is 2. The Hall–Kier alpha value is -0.980. The summed E-state index contributed by atoms with van der Waals surface area (Å²) < 4.78 is 5.16. The molecule has 68 valence electrons. The number of hydrogen-bond acceptors (Lipinski definition) is 3. The molecular weight excluding hydrogens is 208 g/mol. The van der Waals surface area contributed by atoms with Gasteiger partial charge in [0.25, 0.3) is 0 Å². The summed E-state index contributed by atoms with van der Waals surface area (Å²) in [6.45, 7) is 2.07. The summed E-state index contributed by atoms with van der Waals surface area (Å²) in [5.74, 6) is 1.99. The van der Waals surface area contributed by atoms with Crippen molar-refractivity contribution in [2.24, 2.45) is 0 Å². The Balaban J connectivity index is 2.95. The SMILES string of the molecule is C#Cc1cc(C(=O)OCC)c(Cl)s1. The fourth-order valence-electron chi connectivity index (χ4n) is 0.788. The Bertz CT molecular complexity index is 362. The van der Waals surface area contributed by atoms with Crippen LogP contribution < -0.4 is 0 Å². The lowest BCUT2D eigenvalue weighted by Gasteiger charge is -1.97. The largest absolute Gasteiger partial charge is 0.462 e. The van der Waals surface area contributed by atoms with Gasteiger partial charge in [0.1, 0.15) is 4.34 Å². The minimum Gasteiger partial charge on any atom is -0.462 e. The molecule has 1 heterocycles. The number of ether oxygens (including phenoxy) is 1. The lowest BCUT2D eigenvalue weighted by molar-refractivity contribution is 0.0527. The van der Waals surface area contributed by atoms with Gasteiger partial charge in [0.2, 0.25) is 0 Å². The molecule has 4 heteroatoms. The van der Waals surface area contributed by atoms with Crippen molar-refractivity contribution in [1.82, 2.24) is 0 Å². The molecule has 0 fully saturated rings. The first kappa shape index (κ1) is 10.1. The van der Waals surface area contributed by atoms with Crippen molar-refractivity contribution in [1.29, 1.82) is 0 Å². The second kappa shape index (κ2) is 4.31. The molecule has 1 aromatic heterocycles. The maximum absolute atomic E-state index is 11.2. The summed E-state index contributed by atoms with van der Waals surface area (Å²) in [7, 11) is 0. The summed E-state index contributed by atoms with van der Waals surface area (Å²) in [4.78, 5) is 11.9. The third-order valence-corrected chi connectivity index (χ3v) is 2.61. The molecule has 0 N–H and O–H groups in total. The standard InChI is InChI=1S/C9H7ClO2S/c1-3-6-5-7(8(10)13-6)9(11)12-4-2/h1,5H,4H2,2H3. The molecule has 0 bridgehead atoms. The third-order valence-electron chi connectivity index (χ3n) is 1.32. The van der Waals surface area contributed by atoms with Crippen LogP contribution in [-0.4, -0.2) is 12.6 Å². The Morgan fingerprint density at radius 2 is 2.54 bits per heavy atom. The van der Waals surface area contributed by atoms with E-state index in [0.717, 1.165) is 0 Å². The van der Waals surface area contributed by atoms with Gasteiger partial charge >= 0.3 is 5.97 Å². The van der Waals surface area contributed by atoms with Crippen LogP contribution in [0, 0.1) is 12.3 Å². The van der Waals surface area contributed by atoms with E-state index in [1.165, 1.54) is 11.3 Å². The van der Waals surface area contributed by atoms with Gasteiger partial charge in [-0.2, -0.15) is 0 Å². The topological polar surface area (TPSA) is 26.3 Å². The number of thiophene rings is 1. The Morgan fingerprint density at radius 3 is 3.00 bits per heavy atom. The number of esters is 1. The van der Waals surface area contributed by atoms with Gasteiger partial charge in [-0.3, -0.25) is 0 Å². The van der Waals surface area contributed by atoms with E-state index in [2.05, 4.69) is 5.92 Å². The highest BCUT2D eigenvalue weighted by atomic mass is 35.5. The number of carbonyl (C=O) groups excluding carboxylic acids is 1. The molecule has 0 atom stereocenters. The number of halogens is 1. The van der Waals surface area contributed by atoms with E-state index in [1.807, 2.05) is 0 Å². The van der Waals surface area contributed by atoms with Crippen molar-refractivity contribution in [3.05, 3.63) is 20.8 Å². The van der Waals surface area contributed by atoms with Crippen molar-refractivity contribution < 1.29 is 9.53 Å². The van der Waals surface area contributed by atoms with Crippen LogP contribution in [0.1, 0.15) is 22.2 Å². The van der Waals surface area contributed by atoms with Crippen molar-refractivity contribution >= 4 is 28.9 Å². The Morgan fingerprint density at radius 1 is 1.85 bits per heavy atom. The van der Waals surface area contributed by atoms with Crippen LogP contribution in [0.2, 0.25) is 4.34 Å². The molecule has 13 heavy (non-hydrogen) atoms. The van der Waals surface area contributed by atoms with E-state index in [4.69, 9.17) is 22.8 Å². The number of hydrogen-bond donors (Lipinski definition) is 0. The van der Waals surface area contributed by atoms with Crippen LogP contribution in [0.25, 0.3) is 0 Å². The van der Waals surface area contributed by atoms with Crippen LogP contribution >= 0.6 is 22.9 Å². The molecule has 0 aliphatic rings. The normalized spacial score (nSPS) is 9.31. The van der Waals surface area contributed by atoms with Crippen LogP contribution in [0.15, 0.2) is 6.07 Å². The smallest absolute Gasteiger partial charge is 0.340 e. The number of carbonyl (C=O) groups is 1. The zero-order chi connectivity index (χ0) is 9.84. The summed E-state index contributed by atoms with van der Waals surface area (Å²) in [5.41, 5.74) is 0.349. The molecule has 1 aromatic rings. The summed E-state index contributed by atoms with van der Waals surface area (Å²) in [5, 5.41) is 0. The van der Waals surface area contributed by atoms with Gasteiger partial charge in [-0.15, -0.1) is 17.8 Å². The molecule has 0 radical (unpaired) electrons. The predicted molar refractivity (Wildman–Crippen MR) is 53.2 cm³/mol. The maximum Gasteiger partial charge on any atom is 0.340 e. The van der Waals surface area contributed by atoms with Gasteiger partial charge in [0.15, 0.2) is 0 Å². The molecule has 0 unspecified atom stereocenters. The number of terminal acetylenes is 1. The van der Waals surface area contributed by atoms with Gasteiger partial charge in [-0.1, -0.05) is 17.5 Å². The summed E-state index contributed by atoms with van der Waals surface area (Å²) in [6.07, 6.45) is 5.16. The highest BCUT2D eigenvalue weighted by Crippen LogP contribution is 2.27. The minimum atomic E-state index is -0.426. The first-order chi connectivity index (χ1) is 6.19. The molecule has 0 saturated heterocycles. The molecule has 0 aromatic carbocycles. The quantitative estimate of drug-likeness (QED) is 0.559. The molecule has 2 nitrogen and oxygen atoms in total. The first-order valence-corrected chi connectivity index (χ1v) is 4.81. The van der Waals surface area contributed by atoms with Gasteiger partial charge in [0, 0.05) is 0 Å². The van der Waals surface area contributed by atoms with Gasteiger partial charge < -0.3 is 4.74 Å². The van der Waals surface area contributed by atoms with E-state index in [1.54, 1.807) is 13.0 Å². The highest BCUT2D eigenvalue weighted by Gasteiger charge is 2.14. The molecule has 0 amide bonds. The second-order valence-electron chi connectivity index (χ2n) is 2.16. The molecule has 0 spiro atoms. The third kappa shape index (κ3) is 2.24. The molecule has 0 saturated carbocycles. The maximum atomic E-state index is 11.2. The van der Waals surface area contributed by atoms with Crippen LogP contribution in [0.3, 0.4) is 0 Å². The first-order valence-electron chi connectivity index (χ1n) is 3.62. The molecule has 0 aliphatic heterocycles. The van der Waals surface area contributed by atoms with E-state index in [0.29, 0.717) is 21.4 Å². The molecule has 1 rings (SSSR count). The van der Waals surface area contributed by atoms with E-state index in [9.17, 15) is 4.79 Å². The predicted octanol–water partition coefficient (Wildman–Crippen LogP) is 2.56. The fourth-order valence-corrected chi connectivity index (χ4v) is 1.85. The van der Waals surface area contributed by atoms with E-state index < -0.39 is 5.97 Å². The highest BCUT2D eigenvalue weighted by molar-refractivity contribution is 7.17. The van der Waals surface area contributed by atoms with Crippen LogP contribution in [0.5, 0.6) is 0 Å². The van der Waals surface area contributed by atoms with Gasteiger partial charge in [-0.05, 0) is 13.0 Å². The zero-order valence-electron chi connectivity index (χ0n) is 6.96. The second-order valence-corrected chi connectivity index (χ2v) is 3.82. The van der Waals surface area contributed by atoms with Crippen LogP contribution in [-0.2, 0) is 4.74 Å². The summed E-state index contributed by atoms with van der Waals surface area (Å²) >= 11 is 6.97. The van der Waals surface area contributed by atoms with E-state index >= 15 is 0 Å².